The van der Waals surface area contributed by atoms with Gasteiger partial charge in [0, 0.05) is 24.0 Å². The molecule has 7 heteroatoms. The first kappa shape index (κ1) is 20.9. The molecule has 0 fully saturated rings. The standard InChI is InChI=1S/C23H21FN2O4/c1-29-22(27)25-19-8-5-9-21(16-19)30-23(28)26(20-12-10-18(24)11-13-20)15-14-17-6-3-2-4-7-17/h2-13,16H,14-15H2,1H3,(H,25,27). The molecule has 0 unspecified atom stereocenters. The third-order valence-electron chi connectivity index (χ3n) is 4.30. The molecule has 30 heavy (non-hydrogen) atoms. The fraction of sp³-hybridized carbons (Fsp3) is 0.130. The molecule has 0 spiro atoms. The van der Waals surface area contributed by atoms with Gasteiger partial charge < -0.3 is 9.47 Å². The van der Waals surface area contributed by atoms with E-state index in [0.717, 1.165) is 5.56 Å². The molecule has 0 aliphatic carbocycles. The summed E-state index contributed by atoms with van der Waals surface area (Å²) in [5, 5.41) is 2.51. The molecule has 154 valence electrons. The first-order valence-electron chi connectivity index (χ1n) is 9.29. The van der Waals surface area contributed by atoms with Crippen molar-refractivity contribution in [1.82, 2.24) is 0 Å². The molecule has 2 amide bonds. The number of amides is 2. The Labute approximate surface area is 173 Å². The van der Waals surface area contributed by atoms with Crippen LogP contribution in [0.4, 0.5) is 25.4 Å². The smallest absolute Gasteiger partial charge is 0.419 e. The van der Waals surface area contributed by atoms with E-state index in [4.69, 9.17) is 4.74 Å². The van der Waals surface area contributed by atoms with Gasteiger partial charge >= 0.3 is 12.2 Å². The summed E-state index contributed by atoms with van der Waals surface area (Å²) in [5.41, 5.74) is 1.99. The normalized spacial score (nSPS) is 10.2. The van der Waals surface area contributed by atoms with E-state index in [2.05, 4.69) is 10.1 Å². The molecule has 6 nitrogen and oxygen atoms in total. The Bertz CT molecular complexity index is 994. The molecule has 0 aromatic heterocycles. The van der Waals surface area contributed by atoms with Crippen molar-refractivity contribution in [2.45, 2.75) is 6.42 Å². The van der Waals surface area contributed by atoms with Crippen LogP contribution in [-0.2, 0) is 11.2 Å². The molecule has 0 bridgehead atoms. The zero-order valence-electron chi connectivity index (χ0n) is 16.4. The first-order chi connectivity index (χ1) is 14.5. The minimum atomic E-state index is -0.630. The number of halogens is 1. The molecule has 3 aromatic carbocycles. The van der Waals surface area contributed by atoms with Crippen molar-refractivity contribution in [2.24, 2.45) is 0 Å². The van der Waals surface area contributed by atoms with E-state index in [1.54, 1.807) is 18.2 Å². The van der Waals surface area contributed by atoms with Crippen LogP contribution in [0.1, 0.15) is 5.56 Å². The SMILES string of the molecule is COC(=O)Nc1cccc(OC(=O)N(CCc2ccccc2)c2ccc(F)cc2)c1. The minimum absolute atomic E-state index is 0.251. The van der Waals surface area contributed by atoms with Crippen molar-refractivity contribution in [2.75, 3.05) is 23.9 Å². The lowest BCUT2D eigenvalue weighted by Crippen LogP contribution is -2.35. The van der Waals surface area contributed by atoms with Crippen molar-refractivity contribution in [3.8, 4) is 5.75 Å². The third kappa shape index (κ3) is 5.81. The van der Waals surface area contributed by atoms with Crippen LogP contribution in [0.15, 0.2) is 78.9 Å². The molecule has 0 radical (unpaired) electrons. The molecule has 0 aliphatic rings. The quantitative estimate of drug-likeness (QED) is 0.605. The molecule has 0 aliphatic heterocycles. The van der Waals surface area contributed by atoms with Gasteiger partial charge in [0.15, 0.2) is 0 Å². The Kier molecular flexibility index (Phi) is 7.00. The van der Waals surface area contributed by atoms with Crippen LogP contribution in [-0.4, -0.2) is 25.8 Å². The van der Waals surface area contributed by atoms with E-state index >= 15 is 0 Å². The number of anilines is 2. The number of nitrogens with zero attached hydrogens (tertiary/aromatic N) is 1. The topological polar surface area (TPSA) is 67.9 Å². The molecule has 0 heterocycles. The Balaban J connectivity index is 1.77. The number of carbonyl (C=O) groups is 2. The van der Waals surface area contributed by atoms with Crippen LogP contribution in [0.2, 0.25) is 0 Å². The Morgan fingerprint density at radius 3 is 2.40 bits per heavy atom. The molecular formula is C23H21FN2O4. The fourth-order valence-corrected chi connectivity index (χ4v) is 2.79. The molecule has 0 atom stereocenters. The Morgan fingerprint density at radius 2 is 1.70 bits per heavy atom. The summed E-state index contributed by atoms with van der Waals surface area (Å²) < 4.78 is 23.4. The summed E-state index contributed by atoms with van der Waals surface area (Å²) in [4.78, 5) is 25.7. The van der Waals surface area contributed by atoms with Crippen LogP contribution in [0.5, 0.6) is 5.75 Å². The molecule has 0 saturated carbocycles. The minimum Gasteiger partial charge on any atom is -0.453 e. The average molecular weight is 408 g/mol. The maximum Gasteiger partial charge on any atom is 0.419 e. The van der Waals surface area contributed by atoms with Crippen LogP contribution < -0.4 is 15.0 Å². The van der Waals surface area contributed by atoms with E-state index in [1.165, 1.54) is 42.3 Å². The molecule has 1 N–H and O–H groups in total. The second-order valence-electron chi connectivity index (χ2n) is 6.38. The lowest BCUT2D eigenvalue weighted by Gasteiger charge is -2.22. The van der Waals surface area contributed by atoms with E-state index < -0.39 is 18.0 Å². The van der Waals surface area contributed by atoms with Crippen LogP contribution >= 0.6 is 0 Å². The monoisotopic (exact) mass is 408 g/mol. The summed E-state index contributed by atoms with van der Waals surface area (Å²) in [7, 11) is 1.26. The zero-order chi connectivity index (χ0) is 21.3. The lowest BCUT2D eigenvalue weighted by molar-refractivity contribution is 0.187. The van der Waals surface area contributed by atoms with Crippen LogP contribution in [0.3, 0.4) is 0 Å². The second-order valence-corrected chi connectivity index (χ2v) is 6.38. The maximum absolute atomic E-state index is 13.3. The highest BCUT2D eigenvalue weighted by atomic mass is 19.1. The van der Waals surface area contributed by atoms with Gasteiger partial charge in [-0.05, 0) is 48.4 Å². The zero-order valence-corrected chi connectivity index (χ0v) is 16.4. The molecule has 0 saturated heterocycles. The average Bonchev–Trinajstić information content (AvgIpc) is 2.76. The van der Waals surface area contributed by atoms with Crippen LogP contribution in [0.25, 0.3) is 0 Å². The summed E-state index contributed by atoms with van der Waals surface area (Å²) in [6.45, 7) is 0.342. The molecule has 3 rings (SSSR count). The van der Waals surface area contributed by atoms with Crippen LogP contribution in [0, 0.1) is 5.82 Å². The van der Waals surface area contributed by atoms with Gasteiger partial charge in [0.1, 0.15) is 11.6 Å². The van der Waals surface area contributed by atoms with Gasteiger partial charge in [-0.25, -0.2) is 14.0 Å². The maximum atomic E-state index is 13.3. The van der Waals surface area contributed by atoms with Crippen molar-refractivity contribution >= 4 is 23.6 Å². The summed E-state index contributed by atoms with van der Waals surface area (Å²) in [6.07, 6.45) is -0.654. The number of methoxy groups -OCH3 is 1. The summed E-state index contributed by atoms with van der Waals surface area (Å²) in [5.74, 6) is -0.141. The van der Waals surface area contributed by atoms with Gasteiger partial charge in [-0.1, -0.05) is 36.4 Å². The summed E-state index contributed by atoms with van der Waals surface area (Å²) in [6, 6.07) is 21.7. The number of carbonyl (C=O) groups excluding carboxylic acids is 2. The highest BCUT2D eigenvalue weighted by Crippen LogP contribution is 2.21. The van der Waals surface area contributed by atoms with Crippen molar-refractivity contribution in [3.63, 3.8) is 0 Å². The number of hydrogen-bond acceptors (Lipinski definition) is 4. The number of hydrogen-bond donors (Lipinski definition) is 1. The molecule has 3 aromatic rings. The highest BCUT2D eigenvalue weighted by Gasteiger charge is 2.18. The van der Waals surface area contributed by atoms with Gasteiger partial charge in [0.2, 0.25) is 0 Å². The lowest BCUT2D eigenvalue weighted by atomic mass is 10.1. The predicted molar refractivity (Wildman–Crippen MR) is 112 cm³/mol. The first-order valence-corrected chi connectivity index (χ1v) is 9.29. The third-order valence-corrected chi connectivity index (χ3v) is 4.30. The van der Waals surface area contributed by atoms with Crippen molar-refractivity contribution < 1.29 is 23.5 Å². The van der Waals surface area contributed by atoms with E-state index in [9.17, 15) is 14.0 Å². The number of benzene rings is 3. The van der Waals surface area contributed by atoms with E-state index in [0.29, 0.717) is 24.3 Å². The largest absolute Gasteiger partial charge is 0.453 e. The van der Waals surface area contributed by atoms with Gasteiger partial charge in [-0.2, -0.15) is 0 Å². The van der Waals surface area contributed by atoms with Gasteiger partial charge in [0.05, 0.1) is 7.11 Å². The van der Waals surface area contributed by atoms with Gasteiger partial charge in [-0.15, -0.1) is 0 Å². The number of nitrogens with one attached hydrogen (secondary N) is 1. The van der Waals surface area contributed by atoms with Gasteiger partial charge in [0.25, 0.3) is 0 Å². The van der Waals surface area contributed by atoms with Crippen molar-refractivity contribution in [1.29, 1.82) is 0 Å². The highest BCUT2D eigenvalue weighted by molar-refractivity contribution is 5.89. The summed E-state index contributed by atoms with van der Waals surface area (Å²) >= 11 is 0. The van der Waals surface area contributed by atoms with E-state index in [-0.39, 0.29) is 5.75 Å². The molecular weight excluding hydrogens is 387 g/mol. The number of rotatable bonds is 6. The van der Waals surface area contributed by atoms with Gasteiger partial charge in [-0.3, -0.25) is 10.2 Å². The Morgan fingerprint density at radius 1 is 0.967 bits per heavy atom. The fourth-order valence-electron chi connectivity index (χ4n) is 2.79. The second kappa shape index (κ2) is 10.1. The van der Waals surface area contributed by atoms with E-state index in [1.807, 2.05) is 30.3 Å². The number of ether oxygens (including phenoxy) is 2. The predicted octanol–water partition coefficient (Wildman–Crippen LogP) is 5.25. The Hall–Kier alpha value is -3.87. The van der Waals surface area contributed by atoms with Crippen molar-refractivity contribution in [3.05, 3.63) is 90.2 Å².